The molecule has 0 aliphatic carbocycles. The van der Waals surface area contributed by atoms with Gasteiger partial charge in [-0.2, -0.15) is 0 Å². The van der Waals surface area contributed by atoms with Gasteiger partial charge < -0.3 is 9.30 Å². The van der Waals surface area contributed by atoms with Crippen LogP contribution in [0.4, 0.5) is 4.39 Å². The Bertz CT molecular complexity index is 718. The van der Waals surface area contributed by atoms with Crippen molar-refractivity contribution < 1.29 is 18.7 Å². The number of rotatable bonds is 5. The first-order valence-corrected chi connectivity index (χ1v) is 7.55. The number of aryl methyl sites for hydroxylation is 1. The molecule has 1 aromatic carbocycles. The molecule has 0 radical (unpaired) electrons. The highest BCUT2D eigenvalue weighted by Crippen LogP contribution is 2.15. The summed E-state index contributed by atoms with van der Waals surface area (Å²) in [4.78, 5) is 23.5. The summed E-state index contributed by atoms with van der Waals surface area (Å²) < 4.78 is 20.8. The summed E-state index contributed by atoms with van der Waals surface area (Å²) in [6.07, 6.45) is 1.70. The molecular weight excluding hydrogens is 369 g/mol. The lowest BCUT2D eigenvalue weighted by atomic mass is 10.3. The van der Waals surface area contributed by atoms with Gasteiger partial charge in [-0.15, -0.1) is 0 Å². The van der Waals surface area contributed by atoms with Gasteiger partial charge in [-0.05, 0) is 34.1 Å². The zero-order chi connectivity index (χ0) is 16.8. The molecule has 0 spiro atoms. The molecule has 23 heavy (non-hydrogen) atoms. The fourth-order valence-electron chi connectivity index (χ4n) is 1.82. The number of hydrogen-bond donors (Lipinski definition) is 2. The number of amides is 2. The first kappa shape index (κ1) is 17.0. The molecular formula is C15H15BrFN3O3. The van der Waals surface area contributed by atoms with Crippen LogP contribution in [0.3, 0.4) is 0 Å². The van der Waals surface area contributed by atoms with Crippen LogP contribution in [0.5, 0.6) is 5.75 Å². The van der Waals surface area contributed by atoms with Crippen molar-refractivity contribution in [3.05, 3.63) is 52.5 Å². The van der Waals surface area contributed by atoms with E-state index in [-0.39, 0.29) is 18.8 Å². The van der Waals surface area contributed by atoms with Crippen molar-refractivity contribution in [2.24, 2.45) is 7.05 Å². The van der Waals surface area contributed by atoms with Gasteiger partial charge >= 0.3 is 0 Å². The van der Waals surface area contributed by atoms with E-state index in [0.717, 1.165) is 4.47 Å². The number of carbonyl (C=O) groups excluding carboxylic acids is 2. The van der Waals surface area contributed by atoms with Crippen molar-refractivity contribution in [2.45, 2.75) is 6.42 Å². The van der Waals surface area contributed by atoms with Crippen LogP contribution in [0.1, 0.15) is 16.9 Å². The number of hydrogen-bond acceptors (Lipinski definition) is 3. The van der Waals surface area contributed by atoms with E-state index in [4.69, 9.17) is 4.74 Å². The Labute approximate surface area is 140 Å². The van der Waals surface area contributed by atoms with E-state index in [1.54, 1.807) is 36.0 Å². The lowest BCUT2D eigenvalue weighted by Crippen LogP contribution is -2.42. The molecule has 2 aromatic rings. The predicted octanol–water partition coefficient (Wildman–Crippen LogP) is 2.16. The van der Waals surface area contributed by atoms with Crippen molar-refractivity contribution in [1.82, 2.24) is 15.4 Å². The maximum absolute atomic E-state index is 13.3. The highest BCUT2D eigenvalue weighted by molar-refractivity contribution is 9.10. The molecule has 0 fully saturated rings. The molecule has 1 heterocycles. The molecule has 2 rings (SSSR count). The second kappa shape index (κ2) is 7.77. The Hall–Kier alpha value is -2.35. The molecule has 6 nitrogen and oxygen atoms in total. The molecule has 0 saturated carbocycles. The molecule has 8 heteroatoms. The molecule has 0 aliphatic heterocycles. The van der Waals surface area contributed by atoms with E-state index in [1.165, 1.54) is 12.1 Å². The van der Waals surface area contributed by atoms with Gasteiger partial charge in [0.2, 0.25) is 5.91 Å². The average molecular weight is 384 g/mol. The van der Waals surface area contributed by atoms with Crippen LogP contribution in [0, 0.1) is 5.82 Å². The number of nitrogens with one attached hydrogen (secondary N) is 2. The summed E-state index contributed by atoms with van der Waals surface area (Å²) in [5.74, 6) is -1.29. The minimum atomic E-state index is -0.490. The number of ether oxygens (including phenoxy) is 1. The van der Waals surface area contributed by atoms with Gasteiger partial charge in [-0.25, -0.2) is 4.39 Å². The Balaban J connectivity index is 1.74. The van der Waals surface area contributed by atoms with Crippen LogP contribution in [0.2, 0.25) is 0 Å². The number of para-hydroxylation sites is 1. The molecule has 2 amide bonds. The lowest BCUT2D eigenvalue weighted by molar-refractivity contribution is -0.122. The van der Waals surface area contributed by atoms with Crippen molar-refractivity contribution in [1.29, 1.82) is 0 Å². The molecule has 0 aliphatic rings. The fraction of sp³-hybridized carbons (Fsp3) is 0.200. The summed E-state index contributed by atoms with van der Waals surface area (Å²) in [5, 5.41) is 0. The molecule has 0 bridgehead atoms. The average Bonchev–Trinajstić information content (AvgIpc) is 2.85. The largest absolute Gasteiger partial charge is 0.490 e. The van der Waals surface area contributed by atoms with Gasteiger partial charge in [0, 0.05) is 17.7 Å². The van der Waals surface area contributed by atoms with E-state index in [9.17, 15) is 14.0 Å². The van der Waals surface area contributed by atoms with Crippen LogP contribution in [0.15, 0.2) is 41.0 Å². The smallest absolute Gasteiger partial charge is 0.286 e. The highest BCUT2D eigenvalue weighted by atomic mass is 79.9. The quantitative estimate of drug-likeness (QED) is 0.777. The van der Waals surface area contributed by atoms with E-state index >= 15 is 0 Å². The number of hydrazine groups is 1. The van der Waals surface area contributed by atoms with Gasteiger partial charge in [0.15, 0.2) is 11.6 Å². The van der Waals surface area contributed by atoms with Crippen molar-refractivity contribution in [3.63, 3.8) is 0 Å². The SMILES string of the molecule is Cn1cc(Br)cc1C(=O)NNC(=O)CCOc1ccccc1F. The highest BCUT2D eigenvalue weighted by Gasteiger charge is 2.12. The third-order valence-corrected chi connectivity index (χ3v) is 3.38. The Morgan fingerprint density at radius 1 is 1.30 bits per heavy atom. The Kier molecular flexibility index (Phi) is 5.75. The van der Waals surface area contributed by atoms with Crippen LogP contribution in [-0.2, 0) is 11.8 Å². The molecule has 1 aromatic heterocycles. The molecule has 122 valence electrons. The number of benzene rings is 1. The van der Waals surface area contributed by atoms with Crippen LogP contribution >= 0.6 is 15.9 Å². The first-order valence-electron chi connectivity index (χ1n) is 6.75. The van der Waals surface area contributed by atoms with E-state index in [1.807, 2.05) is 0 Å². The molecule has 0 unspecified atom stereocenters. The fourth-order valence-corrected chi connectivity index (χ4v) is 2.34. The normalized spacial score (nSPS) is 10.2. The predicted molar refractivity (Wildman–Crippen MR) is 85.2 cm³/mol. The third-order valence-electron chi connectivity index (χ3n) is 2.94. The van der Waals surface area contributed by atoms with Crippen LogP contribution < -0.4 is 15.6 Å². The van der Waals surface area contributed by atoms with Crippen molar-refractivity contribution in [3.8, 4) is 5.75 Å². The number of aromatic nitrogens is 1. The second-order valence-electron chi connectivity index (χ2n) is 4.69. The monoisotopic (exact) mass is 383 g/mol. The summed E-state index contributed by atoms with van der Waals surface area (Å²) in [6, 6.07) is 7.56. The summed E-state index contributed by atoms with van der Waals surface area (Å²) in [6.45, 7) is -0.00165. The maximum atomic E-state index is 13.3. The number of carbonyl (C=O) groups is 2. The topological polar surface area (TPSA) is 72.4 Å². The standard InChI is InChI=1S/C15H15BrFN3O3/c1-20-9-10(16)8-12(20)15(22)19-18-14(21)6-7-23-13-5-3-2-4-11(13)17/h2-5,8-9H,6-7H2,1H3,(H,18,21)(H,19,22). The van der Waals surface area contributed by atoms with Crippen LogP contribution in [-0.4, -0.2) is 23.0 Å². The van der Waals surface area contributed by atoms with E-state index < -0.39 is 17.6 Å². The third kappa shape index (κ3) is 4.82. The van der Waals surface area contributed by atoms with Gasteiger partial charge in [0.05, 0.1) is 13.0 Å². The summed E-state index contributed by atoms with van der Waals surface area (Å²) in [7, 11) is 1.71. The molecule has 2 N–H and O–H groups in total. The zero-order valence-electron chi connectivity index (χ0n) is 12.3. The van der Waals surface area contributed by atoms with E-state index in [0.29, 0.717) is 5.69 Å². The van der Waals surface area contributed by atoms with E-state index in [2.05, 4.69) is 26.8 Å². The van der Waals surface area contributed by atoms with Crippen LogP contribution in [0.25, 0.3) is 0 Å². The Morgan fingerprint density at radius 3 is 2.70 bits per heavy atom. The molecule has 0 atom stereocenters. The van der Waals surface area contributed by atoms with Gasteiger partial charge in [-0.3, -0.25) is 20.4 Å². The van der Waals surface area contributed by atoms with Gasteiger partial charge in [0.25, 0.3) is 5.91 Å². The zero-order valence-corrected chi connectivity index (χ0v) is 13.9. The number of halogens is 2. The minimum absolute atomic E-state index is 0.00165. The first-order chi connectivity index (χ1) is 11.0. The van der Waals surface area contributed by atoms with Gasteiger partial charge in [0.1, 0.15) is 5.69 Å². The number of nitrogens with zero attached hydrogens (tertiary/aromatic N) is 1. The Morgan fingerprint density at radius 2 is 2.04 bits per heavy atom. The minimum Gasteiger partial charge on any atom is -0.490 e. The lowest BCUT2D eigenvalue weighted by Gasteiger charge is -2.09. The molecule has 0 saturated heterocycles. The second-order valence-corrected chi connectivity index (χ2v) is 5.60. The van der Waals surface area contributed by atoms with Gasteiger partial charge in [-0.1, -0.05) is 12.1 Å². The summed E-state index contributed by atoms with van der Waals surface area (Å²) >= 11 is 3.26. The summed E-state index contributed by atoms with van der Waals surface area (Å²) in [5.41, 5.74) is 4.97. The van der Waals surface area contributed by atoms with Crippen molar-refractivity contribution in [2.75, 3.05) is 6.61 Å². The van der Waals surface area contributed by atoms with Crippen molar-refractivity contribution >= 4 is 27.7 Å². The maximum Gasteiger partial charge on any atom is 0.286 e.